The largest absolute Gasteiger partial charge is 0.384 e. The van der Waals surface area contributed by atoms with Gasteiger partial charge < -0.3 is 15.0 Å². The number of carbonyl (C=O) groups is 1. The summed E-state index contributed by atoms with van der Waals surface area (Å²) < 4.78 is 18.9. The van der Waals surface area contributed by atoms with Crippen molar-refractivity contribution < 1.29 is 13.9 Å². The summed E-state index contributed by atoms with van der Waals surface area (Å²) in [6, 6.07) is 4.59. The first-order chi connectivity index (χ1) is 10.1. The quantitative estimate of drug-likeness (QED) is 0.866. The van der Waals surface area contributed by atoms with Gasteiger partial charge in [-0.15, -0.1) is 11.8 Å². The van der Waals surface area contributed by atoms with Gasteiger partial charge in [0.2, 0.25) is 0 Å². The van der Waals surface area contributed by atoms with E-state index in [2.05, 4.69) is 5.32 Å². The van der Waals surface area contributed by atoms with Crippen LogP contribution in [0.3, 0.4) is 0 Å². The average molecular weight is 312 g/mol. The first-order valence-electron chi connectivity index (χ1n) is 7.02. The molecule has 2 rings (SSSR count). The monoisotopic (exact) mass is 312 g/mol. The topological polar surface area (TPSA) is 41.6 Å². The summed E-state index contributed by atoms with van der Waals surface area (Å²) in [5.41, 5.74) is 0.490. The van der Waals surface area contributed by atoms with E-state index in [1.54, 1.807) is 24.1 Å². The Hall–Kier alpha value is -1.27. The second-order valence-electron chi connectivity index (χ2n) is 5.19. The van der Waals surface area contributed by atoms with Gasteiger partial charge in [0.1, 0.15) is 5.82 Å². The van der Waals surface area contributed by atoms with Crippen LogP contribution in [-0.4, -0.2) is 44.0 Å². The number of ether oxygens (including phenoxy) is 1. The van der Waals surface area contributed by atoms with E-state index in [4.69, 9.17) is 4.74 Å². The number of rotatable bonds is 4. The lowest BCUT2D eigenvalue weighted by molar-refractivity contribution is 0.104. The third kappa shape index (κ3) is 4.35. The smallest absolute Gasteiger partial charge is 0.321 e. The second kappa shape index (κ2) is 7.66. The van der Waals surface area contributed by atoms with Crippen LogP contribution in [0.1, 0.15) is 12.8 Å². The summed E-state index contributed by atoms with van der Waals surface area (Å²) >= 11 is 1.34. The van der Waals surface area contributed by atoms with E-state index < -0.39 is 0 Å². The van der Waals surface area contributed by atoms with Gasteiger partial charge in [0.05, 0.1) is 6.61 Å². The van der Waals surface area contributed by atoms with Gasteiger partial charge in [-0.3, -0.25) is 0 Å². The first-order valence-corrected chi connectivity index (χ1v) is 8.25. The summed E-state index contributed by atoms with van der Waals surface area (Å²) in [6.45, 7) is 2.09. The van der Waals surface area contributed by atoms with Crippen LogP contribution in [0.5, 0.6) is 0 Å². The molecule has 116 valence electrons. The highest BCUT2D eigenvalue weighted by Crippen LogP contribution is 2.23. The Morgan fingerprint density at radius 2 is 2.38 bits per heavy atom. The molecule has 0 aromatic heterocycles. The first kappa shape index (κ1) is 16.1. The second-order valence-corrected chi connectivity index (χ2v) is 6.04. The zero-order chi connectivity index (χ0) is 15.2. The van der Waals surface area contributed by atoms with Gasteiger partial charge in [0.25, 0.3) is 0 Å². The average Bonchev–Trinajstić information content (AvgIpc) is 2.48. The number of urea groups is 1. The molecule has 1 fully saturated rings. The standard InChI is InChI=1S/C15H21FN2O2S/c1-20-10-11-4-3-7-18(9-11)15(19)17-12-5-6-14(21-2)13(16)8-12/h5-6,8,11H,3-4,7,9-10H2,1-2H3,(H,17,19)/t11-/m0/s1. The van der Waals surface area contributed by atoms with E-state index in [1.807, 2.05) is 6.26 Å². The van der Waals surface area contributed by atoms with Crippen molar-refractivity contribution in [3.8, 4) is 0 Å². The fraction of sp³-hybridized carbons (Fsp3) is 0.533. The highest BCUT2D eigenvalue weighted by atomic mass is 32.2. The minimum atomic E-state index is -0.309. The number of nitrogens with one attached hydrogen (secondary N) is 1. The molecule has 0 radical (unpaired) electrons. The number of nitrogens with zero attached hydrogens (tertiary/aromatic N) is 1. The molecule has 1 aliphatic heterocycles. The van der Waals surface area contributed by atoms with Gasteiger partial charge in [-0.25, -0.2) is 9.18 Å². The predicted molar refractivity (Wildman–Crippen MR) is 83.4 cm³/mol. The predicted octanol–water partition coefficient (Wildman–Crippen LogP) is 3.44. The number of hydrogen-bond acceptors (Lipinski definition) is 3. The molecule has 0 saturated carbocycles. The van der Waals surface area contributed by atoms with Crippen molar-refractivity contribution in [2.45, 2.75) is 17.7 Å². The Bertz CT molecular complexity index is 497. The Kier molecular flexibility index (Phi) is 5.87. The van der Waals surface area contributed by atoms with Gasteiger partial charge in [-0.2, -0.15) is 0 Å². The van der Waals surface area contributed by atoms with Crippen LogP contribution >= 0.6 is 11.8 Å². The van der Waals surface area contributed by atoms with Gasteiger partial charge in [-0.1, -0.05) is 0 Å². The summed E-state index contributed by atoms with van der Waals surface area (Å²) in [7, 11) is 1.68. The molecule has 1 aliphatic rings. The summed E-state index contributed by atoms with van der Waals surface area (Å²) in [5.74, 6) is 0.0707. The lowest BCUT2D eigenvalue weighted by Gasteiger charge is -2.32. The molecule has 0 unspecified atom stereocenters. The molecule has 2 amide bonds. The molecule has 1 aromatic carbocycles. The lowest BCUT2D eigenvalue weighted by atomic mass is 9.99. The molecule has 1 aromatic rings. The Labute approximate surface area is 129 Å². The van der Waals surface area contributed by atoms with Gasteiger partial charge >= 0.3 is 6.03 Å². The van der Waals surface area contributed by atoms with E-state index in [0.29, 0.717) is 29.7 Å². The molecule has 0 spiro atoms. The third-order valence-corrected chi connectivity index (χ3v) is 4.38. The van der Waals surface area contributed by atoms with Crippen LogP contribution in [0.25, 0.3) is 0 Å². The van der Waals surface area contributed by atoms with Crippen LogP contribution in [0.2, 0.25) is 0 Å². The molecular weight excluding hydrogens is 291 g/mol. The fourth-order valence-electron chi connectivity index (χ4n) is 2.57. The highest BCUT2D eigenvalue weighted by Gasteiger charge is 2.23. The van der Waals surface area contributed by atoms with Crippen LogP contribution < -0.4 is 5.32 Å². The zero-order valence-electron chi connectivity index (χ0n) is 12.4. The molecule has 21 heavy (non-hydrogen) atoms. The van der Waals surface area contributed by atoms with E-state index in [1.165, 1.54) is 17.8 Å². The number of piperidine rings is 1. The lowest BCUT2D eigenvalue weighted by Crippen LogP contribution is -2.43. The number of anilines is 1. The van der Waals surface area contributed by atoms with E-state index in [-0.39, 0.29) is 11.8 Å². The van der Waals surface area contributed by atoms with Crippen LogP contribution in [0.15, 0.2) is 23.1 Å². The van der Waals surface area contributed by atoms with Crippen molar-refractivity contribution in [3.63, 3.8) is 0 Å². The summed E-state index contributed by atoms with van der Waals surface area (Å²) in [6.07, 6.45) is 3.87. The SMILES string of the molecule is COC[C@H]1CCCN(C(=O)Nc2ccc(SC)c(F)c2)C1. The molecule has 4 nitrogen and oxygen atoms in total. The number of hydrogen-bond donors (Lipinski definition) is 1. The normalized spacial score (nSPS) is 18.6. The van der Waals surface area contributed by atoms with Gasteiger partial charge in [0.15, 0.2) is 0 Å². The minimum absolute atomic E-state index is 0.174. The number of halogens is 1. The molecule has 1 heterocycles. The third-order valence-electron chi connectivity index (χ3n) is 3.61. The maximum absolute atomic E-state index is 13.7. The van der Waals surface area contributed by atoms with Crippen LogP contribution in [0.4, 0.5) is 14.9 Å². The molecule has 0 bridgehead atoms. The zero-order valence-corrected chi connectivity index (χ0v) is 13.2. The molecule has 0 aliphatic carbocycles. The maximum atomic E-state index is 13.7. The van der Waals surface area contributed by atoms with E-state index in [0.717, 1.165) is 19.4 Å². The number of likely N-dealkylation sites (tertiary alicyclic amines) is 1. The Morgan fingerprint density at radius 1 is 1.57 bits per heavy atom. The van der Waals surface area contributed by atoms with Crippen molar-refractivity contribution in [2.24, 2.45) is 5.92 Å². The molecule has 1 atom stereocenters. The fourth-order valence-corrected chi connectivity index (χ4v) is 3.03. The van der Waals surface area contributed by atoms with Crippen molar-refractivity contribution in [1.29, 1.82) is 0 Å². The Morgan fingerprint density at radius 3 is 3.05 bits per heavy atom. The van der Waals surface area contributed by atoms with Crippen molar-refractivity contribution in [3.05, 3.63) is 24.0 Å². The van der Waals surface area contributed by atoms with Crippen LogP contribution in [0, 0.1) is 11.7 Å². The number of amides is 2. The number of thioether (sulfide) groups is 1. The maximum Gasteiger partial charge on any atom is 0.321 e. The molecule has 6 heteroatoms. The van der Waals surface area contributed by atoms with Crippen molar-refractivity contribution >= 4 is 23.5 Å². The molecule has 1 N–H and O–H groups in total. The van der Waals surface area contributed by atoms with Gasteiger partial charge in [-0.05, 0) is 37.3 Å². The van der Waals surface area contributed by atoms with Gasteiger partial charge in [0, 0.05) is 36.7 Å². The number of methoxy groups -OCH3 is 1. The minimum Gasteiger partial charge on any atom is -0.384 e. The van der Waals surface area contributed by atoms with Crippen LogP contribution in [-0.2, 0) is 4.74 Å². The van der Waals surface area contributed by atoms with Crippen molar-refractivity contribution in [1.82, 2.24) is 4.90 Å². The number of benzene rings is 1. The van der Waals surface area contributed by atoms with Crippen molar-refractivity contribution in [2.75, 3.05) is 38.4 Å². The molecule has 1 saturated heterocycles. The molecular formula is C15H21FN2O2S. The summed E-state index contributed by atoms with van der Waals surface area (Å²) in [4.78, 5) is 14.6. The Balaban J connectivity index is 1.96. The van der Waals surface area contributed by atoms with E-state index >= 15 is 0 Å². The summed E-state index contributed by atoms with van der Waals surface area (Å²) in [5, 5.41) is 2.76. The number of carbonyl (C=O) groups excluding carboxylic acids is 1. The highest BCUT2D eigenvalue weighted by molar-refractivity contribution is 7.98. The van der Waals surface area contributed by atoms with E-state index in [9.17, 15) is 9.18 Å².